The molecule has 0 aromatic heterocycles. The molecule has 1 unspecified atom stereocenters. The van der Waals surface area contributed by atoms with Crippen molar-refractivity contribution in [2.75, 3.05) is 7.05 Å². The Labute approximate surface area is 80.3 Å². The average molecular weight is 185 g/mol. The molecule has 76 valence electrons. The van der Waals surface area contributed by atoms with Crippen LogP contribution in [0.15, 0.2) is 25.0 Å². The molecule has 0 heterocycles. The quantitative estimate of drug-likeness (QED) is 0.405. The van der Waals surface area contributed by atoms with E-state index in [1.54, 1.807) is 17.2 Å². The summed E-state index contributed by atoms with van der Waals surface area (Å²) in [6, 6.07) is 0.145. The number of hydrogen-bond acceptors (Lipinski definition) is 3. The van der Waals surface area contributed by atoms with Gasteiger partial charge in [-0.1, -0.05) is 6.08 Å². The van der Waals surface area contributed by atoms with Crippen molar-refractivity contribution < 1.29 is 9.94 Å². The van der Waals surface area contributed by atoms with Crippen LogP contribution in [0.5, 0.6) is 0 Å². The van der Waals surface area contributed by atoms with E-state index in [2.05, 4.69) is 6.58 Å². The SMILES string of the molecule is C=CC(C)N(C)OC(C)(C)C=CO. The van der Waals surface area contributed by atoms with Crippen LogP contribution in [0.3, 0.4) is 0 Å². The number of aliphatic hydroxyl groups is 1. The minimum absolute atomic E-state index is 0.145. The smallest absolute Gasteiger partial charge is 0.106 e. The van der Waals surface area contributed by atoms with E-state index in [1.165, 1.54) is 0 Å². The van der Waals surface area contributed by atoms with Gasteiger partial charge in [-0.2, -0.15) is 5.06 Å². The molecule has 0 fully saturated rings. The fourth-order valence-electron chi connectivity index (χ4n) is 0.813. The summed E-state index contributed by atoms with van der Waals surface area (Å²) >= 11 is 0. The summed E-state index contributed by atoms with van der Waals surface area (Å²) in [6.45, 7) is 9.38. The zero-order chi connectivity index (χ0) is 10.5. The van der Waals surface area contributed by atoms with Gasteiger partial charge in [0.2, 0.25) is 0 Å². The number of likely N-dealkylation sites (N-methyl/N-ethyl adjacent to an activating group) is 1. The molecule has 0 aliphatic heterocycles. The third-order valence-electron chi connectivity index (χ3n) is 1.77. The second-order valence-corrected chi connectivity index (χ2v) is 3.53. The highest BCUT2D eigenvalue weighted by Crippen LogP contribution is 2.14. The lowest BCUT2D eigenvalue weighted by Gasteiger charge is -2.30. The first-order chi connectivity index (χ1) is 5.93. The van der Waals surface area contributed by atoms with Gasteiger partial charge in [0.05, 0.1) is 6.26 Å². The minimum Gasteiger partial charge on any atom is -0.516 e. The molecule has 3 heteroatoms. The van der Waals surface area contributed by atoms with E-state index >= 15 is 0 Å². The first-order valence-corrected chi connectivity index (χ1v) is 4.29. The maximum atomic E-state index is 8.61. The van der Waals surface area contributed by atoms with E-state index < -0.39 is 5.60 Å². The van der Waals surface area contributed by atoms with Crippen LogP contribution in [0.4, 0.5) is 0 Å². The molecule has 0 saturated heterocycles. The summed E-state index contributed by atoms with van der Waals surface area (Å²) < 4.78 is 0. The van der Waals surface area contributed by atoms with Crippen LogP contribution < -0.4 is 0 Å². The van der Waals surface area contributed by atoms with Crippen molar-refractivity contribution in [1.82, 2.24) is 5.06 Å². The van der Waals surface area contributed by atoms with Crippen LogP contribution in [0.25, 0.3) is 0 Å². The molecular weight excluding hydrogens is 166 g/mol. The number of aliphatic hydroxyl groups excluding tert-OH is 1. The Morgan fingerprint density at radius 3 is 2.46 bits per heavy atom. The number of rotatable bonds is 5. The van der Waals surface area contributed by atoms with Crippen LogP contribution in [0.1, 0.15) is 20.8 Å². The normalized spacial score (nSPS) is 15.2. The molecule has 13 heavy (non-hydrogen) atoms. The van der Waals surface area contributed by atoms with Gasteiger partial charge < -0.3 is 5.11 Å². The van der Waals surface area contributed by atoms with E-state index in [9.17, 15) is 0 Å². The summed E-state index contributed by atoms with van der Waals surface area (Å²) in [5.74, 6) is 0. The molecule has 0 saturated carbocycles. The molecule has 0 rings (SSSR count). The van der Waals surface area contributed by atoms with Gasteiger partial charge in [-0.25, -0.2) is 0 Å². The number of nitrogens with zero attached hydrogens (tertiary/aromatic N) is 1. The zero-order valence-corrected chi connectivity index (χ0v) is 8.82. The Kier molecular flexibility index (Phi) is 4.73. The Bertz CT molecular complexity index is 187. The molecular formula is C10H19NO2. The van der Waals surface area contributed by atoms with Crippen LogP contribution in [0, 0.1) is 0 Å². The molecule has 1 atom stereocenters. The van der Waals surface area contributed by atoms with Gasteiger partial charge in [0.1, 0.15) is 5.60 Å². The Hall–Kier alpha value is -0.800. The highest BCUT2D eigenvalue weighted by atomic mass is 16.7. The van der Waals surface area contributed by atoms with Crippen molar-refractivity contribution in [3.05, 3.63) is 25.0 Å². The lowest BCUT2D eigenvalue weighted by atomic mass is 10.1. The van der Waals surface area contributed by atoms with Gasteiger partial charge in [0.15, 0.2) is 0 Å². The summed E-state index contributed by atoms with van der Waals surface area (Å²) in [4.78, 5) is 5.55. The van der Waals surface area contributed by atoms with E-state index in [0.717, 1.165) is 6.26 Å². The summed E-state index contributed by atoms with van der Waals surface area (Å²) in [5, 5.41) is 10.3. The number of hydroxylamine groups is 2. The Morgan fingerprint density at radius 1 is 1.54 bits per heavy atom. The lowest BCUT2D eigenvalue weighted by molar-refractivity contribution is -0.213. The largest absolute Gasteiger partial charge is 0.516 e. The predicted molar refractivity (Wildman–Crippen MR) is 54.4 cm³/mol. The monoisotopic (exact) mass is 185 g/mol. The van der Waals surface area contributed by atoms with E-state index in [4.69, 9.17) is 9.94 Å². The van der Waals surface area contributed by atoms with E-state index in [1.807, 2.05) is 27.8 Å². The topological polar surface area (TPSA) is 32.7 Å². The highest BCUT2D eigenvalue weighted by Gasteiger charge is 2.19. The van der Waals surface area contributed by atoms with Gasteiger partial charge >= 0.3 is 0 Å². The molecule has 1 N–H and O–H groups in total. The van der Waals surface area contributed by atoms with Gasteiger partial charge in [0, 0.05) is 13.1 Å². The predicted octanol–water partition coefficient (Wildman–Crippen LogP) is 2.27. The lowest BCUT2D eigenvalue weighted by Crippen LogP contribution is -2.36. The van der Waals surface area contributed by atoms with Crippen molar-refractivity contribution >= 4 is 0 Å². The molecule has 0 aromatic carbocycles. The zero-order valence-electron chi connectivity index (χ0n) is 8.82. The molecule has 3 nitrogen and oxygen atoms in total. The average Bonchev–Trinajstić information content (AvgIpc) is 2.01. The standard InChI is InChI=1S/C10H19NO2/c1-6-9(2)11(5)13-10(3,4)7-8-12/h6-9,12H,1H2,2-5H3. The first-order valence-electron chi connectivity index (χ1n) is 4.29. The molecule has 0 radical (unpaired) electrons. The Morgan fingerprint density at radius 2 is 2.08 bits per heavy atom. The van der Waals surface area contributed by atoms with Crippen LogP contribution in [-0.2, 0) is 4.84 Å². The van der Waals surface area contributed by atoms with Crippen molar-refractivity contribution in [3.8, 4) is 0 Å². The molecule has 0 spiro atoms. The molecule has 0 amide bonds. The van der Waals surface area contributed by atoms with Gasteiger partial charge in [-0.05, 0) is 26.8 Å². The molecule has 0 bridgehead atoms. The second-order valence-electron chi connectivity index (χ2n) is 3.53. The fourth-order valence-corrected chi connectivity index (χ4v) is 0.813. The third-order valence-corrected chi connectivity index (χ3v) is 1.77. The fraction of sp³-hybridized carbons (Fsp3) is 0.600. The summed E-state index contributed by atoms with van der Waals surface area (Å²) in [7, 11) is 1.83. The maximum absolute atomic E-state index is 8.61. The van der Waals surface area contributed by atoms with Gasteiger partial charge in [-0.15, -0.1) is 6.58 Å². The second kappa shape index (κ2) is 5.04. The minimum atomic E-state index is -0.499. The van der Waals surface area contributed by atoms with E-state index in [0.29, 0.717) is 0 Å². The van der Waals surface area contributed by atoms with Crippen LogP contribution >= 0.6 is 0 Å². The summed E-state index contributed by atoms with van der Waals surface area (Å²) in [6.07, 6.45) is 4.37. The molecule has 0 aliphatic carbocycles. The van der Waals surface area contributed by atoms with Crippen molar-refractivity contribution in [1.29, 1.82) is 0 Å². The molecule has 0 aliphatic rings. The highest BCUT2D eigenvalue weighted by molar-refractivity contribution is 4.92. The van der Waals surface area contributed by atoms with Crippen molar-refractivity contribution in [3.63, 3.8) is 0 Å². The summed E-state index contributed by atoms with van der Waals surface area (Å²) in [5.41, 5.74) is -0.499. The van der Waals surface area contributed by atoms with Gasteiger partial charge in [-0.3, -0.25) is 4.84 Å². The first kappa shape index (κ1) is 12.2. The Balaban J connectivity index is 4.17. The third kappa shape index (κ3) is 4.70. The van der Waals surface area contributed by atoms with Crippen molar-refractivity contribution in [2.45, 2.75) is 32.4 Å². The van der Waals surface area contributed by atoms with Gasteiger partial charge in [0.25, 0.3) is 0 Å². The maximum Gasteiger partial charge on any atom is 0.106 e. The molecule has 0 aromatic rings. The number of hydrogen-bond donors (Lipinski definition) is 1. The van der Waals surface area contributed by atoms with E-state index in [-0.39, 0.29) is 6.04 Å². The van der Waals surface area contributed by atoms with Crippen LogP contribution in [-0.4, -0.2) is 28.9 Å². The van der Waals surface area contributed by atoms with Crippen molar-refractivity contribution in [2.24, 2.45) is 0 Å². The van der Waals surface area contributed by atoms with Crippen LogP contribution in [0.2, 0.25) is 0 Å².